The summed E-state index contributed by atoms with van der Waals surface area (Å²) < 4.78 is 17.3. The van der Waals surface area contributed by atoms with Crippen LogP contribution in [-0.2, 0) is 11.3 Å². The monoisotopic (exact) mass is 361 g/mol. The molecule has 0 atom stereocenters. The molecule has 6 heteroatoms. The van der Waals surface area contributed by atoms with E-state index >= 15 is 0 Å². The van der Waals surface area contributed by atoms with Gasteiger partial charge in [0.15, 0.2) is 11.5 Å². The lowest BCUT2D eigenvalue weighted by Crippen LogP contribution is -2.20. The first-order valence-electron chi connectivity index (χ1n) is 7.20. The largest absolute Gasteiger partial charge is 0.490 e. The fourth-order valence-corrected chi connectivity index (χ4v) is 2.42. The molecule has 0 fully saturated rings. The van der Waals surface area contributed by atoms with E-state index in [1.165, 1.54) is 0 Å². The minimum absolute atomic E-state index is 0.0591. The molecule has 0 aromatic heterocycles. The zero-order chi connectivity index (χ0) is 15.5. The molecule has 0 saturated heterocycles. The minimum atomic E-state index is 0.0591. The van der Waals surface area contributed by atoms with Crippen molar-refractivity contribution in [3.8, 4) is 11.5 Å². The first-order chi connectivity index (χ1) is 10.2. The van der Waals surface area contributed by atoms with Crippen molar-refractivity contribution in [3.05, 3.63) is 22.2 Å². The highest BCUT2D eigenvalue weighted by molar-refractivity contribution is 9.10. The molecule has 0 bridgehead atoms. The van der Waals surface area contributed by atoms with Crippen LogP contribution in [0.15, 0.2) is 16.6 Å². The molecule has 21 heavy (non-hydrogen) atoms. The Kier molecular flexibility index (Phi) is 9.41. The Bertz CT molecular complexity index is 415. The van der Waals surface area contributed by atoms with Gasteiger partial charge in [0.2, 0.25) is 0 Å². The molecule has 0 aliphatic rings. The van der Waals surface area contributed by atoms with Crippen LogP contribution in [0.2, 0.25) is 0 Å². The quantitative estimate of drug-likeness (QED) is 0.592. The maximum Gasteiger partial charge on any atom is 0.175 e. The summed E-state index contributed by atoms with van der Waals surface area (Å²) in [5.41, 5.74) is 1.11. The molecule has 1 rings (SSSR count). The Balaban J connectivity index is 2.58. The minimum Gasteiger partial charge on any atom is -0.490 e. The molecule has 0 heterocycles. The van der Waals surface area contributed by atoms with Crippen molar-refractivity contribution < 1.29 is 19.3 Å². The summed E-state index contributed by atoms with van der Waals surface area (Å²) in [5, 5.41) is 11.9. The van der Waals surface area contributed by atoms with Crippen molar-refractivity contribution >= 4 is 15.9 Å². The number of hydrogen-bond acceptors (Lipinski definition) is 5. The molecule has 2 N–H and O–H groups in total. The average Bonchev–Trinajstić information content (AvgIpc) is 2.46. The van der Waals surface area contributed by atoms with Crippen LogP contribution in [0.1, 0.15) is 19.4 Å². The van der Waals surface area contributed by atoms with Crippen molar-refractivity contribution in [1.29, 1.82) is 0 Å². The summed E-state index contributed by atoms with van der Waals surface area (Å²) >= 11 is 3.53. The Morgan fingerprint density at radius 2 is 1.90 bits per heavy atom. The Labute approximate surface area is 134 Å². The lowest BCUT2D eigenvalue weighted by molar-refractivity contribution is 0.0938. The van der Waals surface area contributed by atoms with Crippen LogP contribution < -0.4 is 14.8 Å². The van der Waals surface area contributed by atoms with E-state index in [0.29, 0.717) is 33.0 Å². The molecule has 0 spiro atoms. The average molecular weight is 362 g/mol. The molecule has 1 aromatic rings. The van der Waals surface area contributed by atoms with E-state index < -0.39 is 0 Å². The lowest BCUT2D eigenvalue weighted by Gasteiger charge is -2.15. The van der Waals surface area contributed by atoms with Crippen molar-refractivity contribution in [3.63, 3.8) is 0 Å². The van der Waals surface area contributed by atoms with E-state index in [-0.39, 0.29) is 6.61 Å². The summed E-state index contributed by atoms with van der Waals surface area (Å²) in [6.45, 7) is 7.56. The van der Waals surface area contributed by atoms with Crippen molar-refractivity contribution in [2.45, 2.75) is 20.4 Å². The number of rotatable bonds is 11. The summed E-state index contributed by atoms with van der Waals surface area (Å²) in [6, 6.07) is 4.01. The fraction of sp³-hybridized carbons (Fsp3) is 0.600. The second-order valence-corrected chi connectivity index (χ2v) is 5.14. The van der Waals surface area contributed by atoms with Gasteiger partial charge >= 0.3 is 0 Å². The summed E-state index contributed by atoms with van der Waals surface area (Å²) in [4.78, 5) is 0. The smallest absolute Gasteiger partial charge is 0.175 e. The first kappa shape index (κ1) is 18.2. The second-order valence-electron chi connectivity index (χ2n) is 4.28. The summed E-state index contributed by atoms with van der Waals surface area (Å²) in [6.07, 6.45) is 0. The van der Waals surface area contributed by atoms with Gasteiger partial charge in [-0.1, -0.05) is 0 Å². The molecule has 0 unspecified atom stereocenters. The van der Waals surface area contributed by atoms with Crippen LogP contribution in [0.3, 0.4) is 0 Å². The molecule has 1 aromatic carbocycles. The third-order valence-corrected chi connectivity index (χ3v) is 3.23. The predicted octanol–water partition coefficient (Wildman–Crippen LogP) is 2.35. The van der Waals surface area contributed by atoms with E-state index in [4.69, 9.17) is 19.3 Å². The summed E-state index contributed by atoms with van der Waals surface area (Å²) in [7, 11) is 0. The molecule has 0 amide bonds. The van der Waals surface area contributed by atoms with Gasteiger partial charge in [0.25, 0.3) is 0 Å². The molecular formula is C15H24BrNO4. The zero-order valence-electron chi connectivity index (χ0n) is 12.7. The van der Waals surface area contributed by atoms with Gasteiger partial charge in [-0.15, -0.1) is 0 Å². The SMILES string of the molecule is CCOc1cc(CNCCOCCO)cc(Br)c1OCC. The van der Waals surface area contributed by atoms with Gasteiger partial charge in [0.05, 0.1) is 37.5 Å². The van der Waals surface area contributed by atoms with E-state index in [1.54, 1.807) is 0 Å². The van der Waals surface area contributed by atoms with Gasteiger partial charge in [-0.2, -0.15) is 0 Å². The van der Waals surface area contributed by atoms with Gasteiger partial charge in [0, 0.05) is 13.1 Å². The molecule has 5 nitrogen and oxygen atoms in total. The standard InChI is InChI=1S/C15H24BrNO4/c1-3-20-14-10-12(9-13(16)15(14)21-4-2)11-17-5-7-19-8-6-18/h9-10,17-18H,3-8,11H2,1-2H3. The second kappa shape index (κ2) is 10.8. The third-order valence-electron chi connectivity index (χ3n) is 2.65. The highest BCUT2D eigenvalue weighted by Gasteiger charge is 2.11. The zero-order valence-corrected chi connectivity index (χ0v) is 14.2. The molecular weight excluding hydrogens is 338 g/mol. The number of nitrogens with one attached hydrogen (secondary N) is 1. The fourth-order valence-electron chi connectivity index (χ4n) is 1.81. The Hall–Kier alpha value is -0.820. The highest BCUT2D eigenvalue weighted by atomic mass is 79.9. The van der Waals surface area contributed by atoms with Crippen LogP contribution in [0.25, 0.3) is 0 Å². The first-order valence-corrected chi connectivity index (χ1v) is 7.99. The number of aliphatic hydroxyl groups is 1. The van der Waals surface area contributed by atoms with Crippen LogP contribution in [0.5, 0.6) is 11.5 Å². The van der Waals surface area contributed by atoms with E-state index in [2.05, 4.69) is 21.2 Å². The maximum atomic E-state index is 8.61. The van der Waals surface area contributed by atoms with Crippen molar-refractivity contribution in [2.75, 3.05) is 39.6 Å². The van der Waals surface area contributed by atoms with Gasteiger partial charge in [-0.3, -0.25) is 0 Å². The molecule has 120 valence electrons. The maximum absolute atomic E-state index is 8.61. The van der Waals surface area contributed by atoms with Crippen molar-refractivity contribution in [2.24, 2.45) is 0 Å². The molecule has 0 saturated carbocycles. The number of halogens is 1. The van der Waals surface area contributed by atoms with Gasteiger partial charge < -0.3 is 24.6 Å². The van der Waals surface area contributed by atoms with Gasteiger partial charge in [-0.05, 0) is 47.5 Å². The summed E-state index contributed by atoms with van der Waals surface area (Å²) in [5.74, 6) is 1.50. The Morgan fingerprint density at radius 1 is 1.14 bits per heavy atom. The number of aliphatic hydroxyl groups excluding tert-OH is 1. The predicted molar refractivity (Wildman–Crippen MR) is 86.1 cm³/mol. The third kappa shape index (κ3) is 6.65. The van der Waals surface area contributed by atoms with E-state index in [1.807, 2.05) is 26.0 Å². The van der Waals surface area contributed by atoms with Crippen LogP contribution in [0.4, 0.5) is 0 Å². The normalized spacial score (nSPS) is 10.7. The highest BCUT2D eigenvalue weighted by Crippen LogP contribution is 2.36. The van der Waals surface area contributed by atoms with E-state index in [0.717, 1.165) is 28.1 Å². The number of hydrogen-bond donors (Lipinski definition) is 2. The Morgan fingerprint density at radius 3 is 2.57 bits per heavy atom. The topological polar surface area (TPSA) is 60.0 Å². The van der Waals surface area contributed by atoms with Gasteiger partial charge in [-0.25, -0.2) is 0 Å². The molecule has 0 aliphatic heterocycles. The number of ether oxygens (including phenoxy) is 3. The molecule has 0 radical (unpaired) electrons. The van der Waals surface area contributed by atoms with Crippen LogP contribution in [0, 0.1) is 0 Å². The van der Waals surface area contributed by atoms with Crippen LogP contribution >= 0.6 is 15.9 Å². The van der Waals surface area contributed by atoms with Gasteiger partial charge in [0.1, 0.15) is 0 Å². The number of benzene rings is 1. The lowest BCUT2D eigenvalue weighted by atomic mass is 10.2. The van der Waals surface area contributed by atoms with Crippen molar-refractivity contribution in [1.82, 2.24) is 5.32 Å². The molecule has 0 aliphatic carbocycles. The van der Waals surface area contributed by atoms with Crippen LogP contribution in [-0.4, -0.2) is 44.7 Å². The van der Waals surface area contributed by atoms with E-state index in [9.17, 15) is 0 Å².